The Balaban J connectivity index is 2.17. The van der Waals surface area contributed by atoms with Crippen molar-refractivity contribution in [3.05, 3.63) is 28.7 Å². The van der Waals surface area contributed by atoms with Crippen LogP contribution in [0.3, 0.4) is 0 Å². The third-order valence-corrected chi connectivity index (χ3v) is 5.19. The van der Waals surface area contributed by atoms with Crippen molar-refractivity contribution < 1.29 is 9.90 Å². The van der Waals surface area contributed by atoms with Gasteiger partial charge in [-0.15, -0.1) is 11.8 Å². The molecule has 0 aromatic heterocycles. The quantitative estimate of drug-likeness (QED) is 0.902. The summed E-state index contributed by atoms with van der Waals surface area (Å²) in [4.78, 5) is 12.6. The molecule has 0 amide bonds. The summed E-state index contributed by atoms with van der Waals surface area (Å²) >= 11 is 4.90. The molecule has 2 nitrogen and oxygen atoms in total. The summed E-state index contributed by atoms with van der Waals surface area (Å²) in [5.41, 5.74) is 0. The van der Waals surface area contributed by atoms with E-state index in [9.17, 15) is 9.90 Å². The molecule has 17 heavy (non-hydrogen) atoms. The summed E-state index contributed by atoms with van der Waals surface area (Å²) in [7, 11) is 0. The molecule has 0 heterocycles. The van der Waals surface area contributed by atoms with Crippen molar-refractivity contribution in [3.8, 4) is 0 Å². The van der Waals surface area contributed by atoms with Gasteiger partial charge in [-0.25, -0.2) is 0 Å². The molecule has 1 aromatic rings. The van der Waals surface area contributed by atoms with Crippen LogP contribution in [0.2, 0.25) is 0 Å². The van der Waals surface area contributed by atoms with Crippen molar-refractivity contribution in [1.29, 1.82) is 0 Å². The summed E-state index contributed by atoms with van der Waals surface area (Å²) in [6, 6.07) is 7.88. The molecule has 1 aliphatic carbocycles. The van der Waals surface area contributed by atoms with Crippen molar-refractivity contribution in [1.82, 2.24) is 0 Å². The number of benzene rings is 1. The second-order valence-electron chi connectivity index (χ2n) is 4.42. The first kappa shape index (κ1) is 13.0. The monoisotopic (exact) mass is 314 g/mol. The van der Waals surface area contributed by atoms with Crippen LogP contribution in [0.25, 0.3) is 0 Å². The second kappa shape index (κ2) is 5.44. The highest BCUT2D eigenvalue weighted by Gasteiger charge is 2.40. The third kappa shape index (κ3) is 3.05. The predicted molar refractivity (Wildman–Crippen MR) is 73.5 cm³/mol. The number of hydrogen-bond acceptors (Lipinski definition) is 2. The first-order chi connectivity index (χ1) is 8.12. The third-order valence-electron chi connectivity index (χ3n) is 3.18. The molecule has 0 saturated heterocycles. The Morgan fingerprint density at radius 3 is 2.29 bits per heavy atom. The molecule has 0 spiro atoms. The van der Waals surface area contributed by atoms with E-state index in [1.54, 1.807) is 0 Å². The molecule has 1 saturated carbocycles. The first-order valence-corrected chi connectivity index (χ1v) is 7.41. The molecule has 1 N–H and O–H groups in total. The zero-order valence-electron chi connectivity index (χ0n) is 9.49. The van der Waals surface area contributed by atoms with Gasteiger partial charge in [0.2, 0.25) is 0 Å². The van der Waals surface area contributed by atoms with Crippen LogP contribution in [-0.2, 0) is 4.79 Å². The number of halogens is 1. The smallest absolute Gasteiger partial charge is 0.320 e. The summed E-state index contributed by atoms with van der Waals surface area (Å²) in [5.74, 6) is -0.662. The van der Waals surface area contributed by atoms with E-state index >= 15 is 0 Å². The molecule has 1 aliphatic rings. The zero-order valence-corrected chi connectivity index (χ0v) is 11.9. The normalized spacial score (nSPS) is 18.9. The van der Waals surface area contributed by atoms with Gasteiger partial charge in [0.25, 0.3) is 0 Å². The topological polar surface area (TPSA) is 37.3 Å². The molecule has 0 unspecified atom stereocenters. The Kier molecular flexibility index (Phi) is 4.15. The average Bonchev–Trinajstić information content (AvgIpc) is 2.33. The van der Waals surface area contributed by atoms with Crippen LogP contribution in [0, 0.1) is 0 Å². The van der Waals surface area contributed by atoms with E-state index in [0.29, 0.717) is 0 Å². The number of hydrogen-bond donors (Lipinski definition) is 1. The fourth-order valence-corrected chi connectivity index (χ4v) is 3.78. The number of thioether (sulfide) groups is 1. The first-order valence-electron chi connectivity index (χ1n) is 5.80. The maximum Gasteiger partial charge on any atom is 0.320 e. The lowest BCUT2D eigenvalue weighted by atomic mass is 9.88. The highest BCUT2D eigenvalue weighted by atomic mass is 79.9. The molecule has 1 fully saturated rings. The van der Waals surface area contributed by atoms with Gasteiger partial charge in [-0.05, 0) is 37.1 Å². The molecule has 0 bridgehead atoms. The fraction of sp³-hybridized carbons (Fsp3) is 0.462. The van der Waals surface area contributed by atoms with Crippen LogP contribution >= 0.6 is 27.7 Å². The number of carbonyl (C=O) groups is 1. The van der Waals surface area contributed by atoms with Crippen LogP contribution in [0.15, 0.2) is 33.6 Å². The van der Waals surface area contributed by atoms with E-state index in [2.05, 4.69) is 15.9 Å². The van der Waals surface area contributed by atoms with Crippen molar-refractivity contribution in [2.75, 3.05) is 0 Å². The van der Waals surface area contributed by atoms with Gasteiger partial charge in [-0.2, -0.15) is 0 Å². The standard InChI is InChI=1S/C13H15BrO2S/c14-10-4-6-11(7-5-10)17-13(12(15)16)8-2-1-3-9-13/h4-7H,1-3,8-9H2,(H,15,16). The lowest BCUT2D eigenvalue weighted by Crippen LogP contribution is -2.37. The highest BCUT2D eigenvalue weighted by molar-refractivity contribution is 9.10. The molecular formula is C13H15BrO2S. The minimum atomic E-state index is -0.662. The molecular weight excluding hydrogens is 300 g/mol. The molecule has 1 aromatic carbocycles. The Morgan fingerprint density at radius 2 is 1.76 bits per heavy atom. The SMILES string of the molecule is O=C(O)C1(Sc2ccc(Br)cc2)CCCCC1. The second-order valence-corrected chi connectivity index (χ2v) is 6.79. The van der Waals surface area contributed by atoms with Crippen molar-refractivity contribution in [3.63, 3.8) is 0 Å². The lowest BCUT2D eigenvalue weighted by Gasteiger charge is -2.32. The largest absolute Gasteiger partial charge is 0.480 e. The Hall–Kier alpha value is -0.480. The number of aliphatic carboxylic acids is 1. The van der Waals surface area contributed by atoms with Gasteiger partial charge in [0.1, 0.15) is 4.75 Å². The van der Waals surface area contributed by atoms with Crippen LogP contribution in [0.4, 0.5) is 0 Å². The molecule has 0 radical (unpaired) electrons. The van der Waals surface area contributed by atoms with E-state index in [1.165, 1.54) is 11.8 Å². The van der Waals surface area contributed by atoms with Gasteiger partial charge < -0.3 is 5.11 Å². The molecule has 4 heteroatoms. The van der Waals surface area contributed by atoms with Crippen LogP contribution < -0.4 is 0 Å². The molecule has 0 aliphatic heterocycles. The van der Waals surface area contributed by atoms with Gasteiger partial charge >= 0.3 is 5.97 Å². The van der Waals surface area contributed by atoms with Crippen molar-refractivity contribution in [2.45, 2.75) is 41.7 Å². The zero-order chi connectivity index (χ0) is 12.3. The summed E-state index contributed by atoms with van der Waals surface area (Å²) < 4.78 is 0.418. The predicted octanol–water partition coefficient (Wildman–Crippen LogP) is 4.33. The van der Waals surface area contributed by atoms with E-state index < -0.39 is 10.7 Å². The molecule has 92 valence electrons. The fourth-order valence-electron chi connectivity index (χ4n) is 2.21. The van der Waals surface area contributed by atoms with Gasteiger partial charge in [0, 0.05) is 9.37 Å². The van der Waals surface area contributed by atoms with E-state index in [0.717, 1.165) is 41.5 Å². The van der Waals surface area contributed by atoms with Crippen molar-refractivity contribution >= 4 is 33.7 Å². The maximum atomic E-state index is 11.5. The Bertz CT molecular complexity index is 396. The van der Waals surface area contributed by atoms with E-state index in [1.807, 2.05) is 24.3 Å². The van der Waals surface area contributed by atoms with Gasteiger partial charge in [-0.1, -0.05) is 35.2 Å². The van der Waals surface area contributed by atoms with E-state index in [-0.39, 0.29) is 0 Å². The summed E-state index contributed by atoms with van der Waals surface area (Å²) in [6.45, 7) is 0. The van der Waals surface area contributed by atoms with Crippen molar-refractivity contribution in [2.24, 2.45) is 0 Å². The van der Waals surface area contributed by atoms with Crippen LogP contribution in [0.5, 0.6) is 0 Å². The minimum absolute atomic E-state index is 0.605. The lowest BCUT2D eigenvalue weighted by molar-refractivity contribution is -0.140. The maximum absolute atomic E-state index is 11.5. The van der Waals surface area contributed by atoms with Crippen LogP contribution in [-0.4, -0.2) is 15.8 Å². The van der Waals surface area contributed by atoms with Gasteiger partial charge in [0.05, 0.1) is 0 Å². The van der Waals surface area contributed by atoms with Crippen LogP contribution in [0.1, 0.15) is 32.1 Å². The molecule has 2 rings (SSSR count). The Labute approximate surface area is 114 Å². The van der Waals surface area contributed by atoms with Gasteiger partial charge in [0.15, 0.2) is 0 Å². The average molecular weight is 315 g/mol. The number of carboxylic acids is 1. The number of rotatable bonds is 3. The summed E-state index contributed by atoms with van der Waals surface area (Å²) in [5, 5.41) is 9.47. The number of carboxylic acid groups (broad SMARTS) is 1. The Morgan fingerprint density at radius 1 is 1.18 bits per heavy atom. The minimum Gasteiger partial charge on any atom is -0.480 e. The van der Waals surface area contributed by atoms with Gasteiger partial charge in [-0.3, -0.25) is 4.79 Å². The highest BCUT2D eigenvalue weighted by Crippen LogP contribution is 2.44. The summed E-state index contributed by atoms with van der Waals surface area (Å²) in [6.07, 6.45) is 4.77. The molecule has 0 atom stereocenters. The van der Waals surface area contributed by atoms with E-state index in [4.69, 9.17) is 0 Å².